The normalized spacial score (nSPS) is 7.14. The van der Waals surface area contributed by atoms with Gasteiger partial charge in [0.2, 0.25) is 0 Å². The molecule has 0 atom stereocenters. The lowest BCUT2D eigenvalue weighted by Crippen LogP contribution is -1.85. The number of carbonyl (C=O) groups is 2. The topological polar surface area (TPSA) is 94.8 Å². The minimum absolute atomic E-state index is 0.167. The zero-order valence-electron chi connectivity index (χ0n) is 8.30. The lowest BCUT2D eigenvalue weighted by atomic mass is 10.5. The van der Waals surface area contributed by atoms with Gasteiger partial charge in [-0.1, -0.05) is 13.2 Å². The molecule has 5 heteroatoms. The molecule has 0 aromatic heterocycles. The number of aliphatic hydroxyl groups is 1. The highest BCUT2D eigenvalue weighted by atomic mass is 16.4. The second-order valence-electron chi connectivity index (χ2n) is 2.18. The van der Waals surface area contributed by atoms with E-state index in [4.69, 9.17) is 15.3 Å². The maximum atomic E-state index is 9.25. The molecular weight excluding hydrogens is 188 g/mol. The molecule has 0 aromatic rings. The Morgan fingerprint density at radius 3 is 1.14 bits per heavy atom. The van der Waals surface area contributed by atoms with Gasteiger partial charge in [0.05, 0.1) is 0 Å². The van der Waals surface area contributed by atoms with Crippen LogP contribution in [0, 0.1) is 0 Å². The molecular formula is C9H16O5. The van der Waals surface area contributed by atoms with Crippen molar-refractivity contribution in [3.05, 3.63) is 25.3 Å². The van der Waals surface area contributed by atoms with Crippen LogP contribution in [-0.4, -0.2) is 33.4 Å². The van der Waals surface area contributed by atoms with Crippen LogP contribution in [0.25, 0.3) is 0 Å². The third-order valence-corrected chi connectivity index (χ3v) is 0.349. The number of aliphatic carboxylic acids is 2. The number of hydrogen-bond acceptors (Lipinski definition) is 3. The molecule has 0 spiro atoms. The molecule has 0 amide bonds. The first-order valence-electron chi connectivity index (χ1n) is 3.66. The third kappa shape index (κ3) is 161. The van der Waals surface area contributed by atoms with Crippen molar-refractivity contribution in [3.63, 3.8) is 0 Å². The van der Waals surface area contributed by atoms with Gasteiger partial charge in [0.15, 0.2) is 0 Å². The lowest BCUT2D eigenvalue weighted by molar-refractivity contribution is -0.132. The minimum Gasteiger partial charge on any atom is -0.478 e. The summed E-state index contributed by atoms with van der Waals surface area (Å²) in [5.74, 6) is -1.96. The zero-order chi connectivity index (χ0) is 12.1. The van der Waals surface area contributed by atoms with Crippen LogP contribution in [0.4, 0.5) is 0 Å². The van der Waals surface area contributed by atoms with E-state index >= 15 is 0 Å². The first-order chi connectivity index (χ1) is 6.27. The minimum atomic E-state index is -0.981. The molecule has 0 unspecified atom stereocenters. The SMILES string of the molecule is C=CC(=O)O.C=CC(=O)O.CC(C)O. The molecule has 0 radical (unpaired) electrons. The average Bonchev–Trinajstić information content (AvgIpc) is 2.04. The van der Waals surface area contributed by atoms with E-state index in [9.17, 15) is 9.59 Å². The van der Waals surface area contributed by atoms with Gasteiger partial charge in [0.1, 0.15) is 0 Å². The van der Waals surface area contributed by atoms with Crippen molar-refractivity contribution >= 4 is 11.9 Å². The fraction of sp³-hybridized carbons (Fsp3) is 0.333. The van der Waals surface area contributed by atoms with Crippen LogP contribution in [-0.2, 0) is 9.59 Å². The van der Waals surface area contributed by atoms with Crippen molar-refractivity contribution in [2.24, 2.45) is 0 Å². The van der Waals surface area contributed by atoms with E-state index in [0.717, 1.165) is 12.2 Å². The van der Waals surface area contributed by atoms with Gasteiger partial charge in [0, 0.05) is 18.3 Å². The summed E-state index contributed by atoms with van der Waals surface area (Å²) in [5.41, 5.74) is 0. The average molecular weight is 204 g/mol. The van der Waals surface area contributed by atoms with E-state index in [1.807, 2.05) is 0 Å². The molecule has 82 valence electrons. The van der Waals surface area contributed by atoms with Gasteiger partial charge in [-0.05, 0) is 13.8 Å². The first-order valence-corrected chi connectivity index (χ1v) is 3.66. The summed E-state index contributed by atoms with van der Waals surface area (Å²) in [6, 6.07) is 0. The summed E-state index contributed by atoms with van der Waals surface area (Å²) in [7, 11) is 0. The second kappa shape index (κ2) is 13.9. The van der Waals surface area contributed by atoms with Crippen LogP contribution in [0.1, 0.15) is 13.8 Å². The van der Waals surface area contributed by atoms with E-state index in [-0.39, 0.29) is 6.10 Å². The lowest BCUT2D eigenvalue weighted by Gasteiger charge is -1.80. The number of carboxylic acids is 2. The predicted molar refractivity (Wildman–Crippen MR) is 53.0 cm³/mol. The molecule has 0 aliphatic carbocycles. The fourth-order valence-electron chi connectivity index (χ4n) is 0. The molecule has 0 saturated heterocycles. The van der Waals surface area contributed by atoms with Crippen molar-refractivity contribution in [1.82, 2.24) is 0 Å². The molecule has 0 rings (SSSR count). The Hall–Kier alpha value is -1.62. The monoisotopic (exact) mass is 204 g/mol. The van der Waals surface area contributed by atoms with Gasteiger partial charge in [-0.3, -0.25) is 0 Å². The molecule has 14 heavy (non-hydrogen) atoms. The number of carboxylic acid groups (broad SMARTS) is 2. The summed E-state index contributed by atoms with van der Waals surface area (Å²) < 4.78 is 0. The van der Waals surface area contributed by atoms with Gasteiger partial charge in [-0.15, -0.1) is 0 Å². The van der Waals surface area contributed by atoms with E-state index in [1.165, 1.54) is 0 Å². The zero-order valence-corrected chi connectivity index (χ0v) is 8.30. The van der Waals surface area contributed by atoms with E-state index in [1.54, 1.807) is 13.8 Å². The third-order valence-electron chi connectivity index (χ3n) is 0.349. The molecule has 3 N–H and O–H groups in total. The van der Waals surface area contributed by atoms with Gasteiger partial charge < -0.3 is 15.3 Å². The highest BCUT2D eigenvalue weighted by molar-refractivity contribution is 5.79. The smallest absolute Gasteiger partial charge is 0.327 e. The first kappa shape index (κ1) is 18.2. The Kier molecular flexibility index (Phi) is 18.1. The van der Waals surface area contributed by atoms with Gasteiger partial charge in [-0.2, -0.15) is 0 Å². The maximum Gasteiger partial charge on any atom is 0.327 e. The maximum absolute atomic E-state index is 9.25. The van der Waals surface area contributed by atoms with E-state index in [0.29, 0.717) is 0 Å². The summed E-state index contributed by atoms with van der Waals surface area (Å²) >= 11 is 0. The molecule has 0 bridgehead atoms. The van der Waals surface area contributed by atoms with Crippen LogP contribution < -0.4 is 0 Å². The van der Waals surface area contributed by atoms with Crippen LogP contribution in [0.2, 0.25) is 0 Å². The Bertz CT molecular complexity index is 163. The molecule has 5 nitrogen and oxygen atoms in total. The van der Waals surface area contributed by atoms with Crippen molar-refractivity contribution in [2.75, 3.05) is 0 Å². The van der Waals surface area contributed by atoms with Crippen molar-refractivity contribution < 1.29 is 24.9 Å². The highest BCUT2D eigenvalue weighted by Gasteiger charge is 1.73. The largest absolute Gasteiger partial charge is 0.478 e. The fourth-order valence-corrected chi connectivity index (χ4v) is 0. The Morgan fingerprint density at radius 1 is 1.07 bits per heavy atom. The van der Waals surface area contributed by atoms with E-state index < -0.39 is 11.9 Å². The van der Waals surface area contributed by atoms with Crippen molar-refractivity contribution in [2.45, 2.75) is 20.0 Å². The second-order valence-corrected chi connectivity index (χ2v) is 2.18. The van der Waals surface area contributed by atoms with Gasteiger partial charge >= 0.3 is 11.9 Å². The molecule has 0 saturated carbocycles. The number of aliphatic hydroxyl groups excluding tert-OH is 1. The quantitative estimate of drug-likeness (QED) is 0.581. The van der Waals surface area contributed by atoms with Gasteiger partial charge in [0.25, 0.3) is 0 Å². The standard InChI is InChI=1S/2C3H4O2.C3H8O/c2*1-2-3(4)5;1-3(2)4/h2*2H,1H2,(H,4,5);3-4H,1-2H3. The van der Waals surface area contributed by atoms with Crippen LogP contribution in [0.3, 0.4) is 0 Å². The molecule has 0 heterocycles. The molecule has 0 aliphatic heterocycles. The Morgan fingerprint density at radius 2 is 1.14 bits per heavy atom. The van der Waals surface area contributed by atoms with Gasteiger partial charge in [-0.25, -0.2) is 9.59 Å². The summed E-state index contributed by atoms with van der Waals surface area (Å²) in [4.78, 5) is 18.5. The van der Waals surface area contributed by atoms with Crippen molar-refractivity contribution in [1.29, 1.82) is 0 Å². The predicted octanol–water partition coefficient (Wildman–Crippen LogP) is 0.901. The number of rotatable bonds is 2. The Labute approximate surface area is 83.0 Å². The van der Waals surface area contributed by atoms with Crippen LogP contribution >= 0.6 is 0 Å². The molecule has 0 fully saturated rings. The summed E-state index contributed by atoms with van der Waals surface area (Å²) in [5, 5.41) is 23.3. The van der Waals surface area contributed by atoms with Crippen molar-refractivity contribution in [3.8, 4) is 0 Å². The molecule has 0 aromatic carbocycles. The Balaban J connectivity index is -0.000000131. The highest BCUT2D eigenvalue weighted by Crippen LogP contribution is 1.65. The number of hydrogen-bond donors (Lipinski definition) is 3. The summed E-state index contributed by atoms with van der Waals surface area (Å²) in [6.07, 6.45) is 1.50. The summed E-state index contributed by atoms with van der Waals surface area (Å²) in [6.45, 7) is 9.37. The van der Waals surface area contributed by atoms with Crippen LogP contribution in [0.5, 0.6) is 0 Å². The van der Waals surface area contributed by atoms with E-state index in [2.05, 4.69) is 13.2 Å². The van der Waals surface area contributed by atoms with Crippen LogP contribution in [0.15, 0.2) is 25.3 Å². The molecule has 0 aliphatic rings.